The Morgan fingerprint density at radius 3 is 2.77 bits per heavy atom. The second-order valence-electron chi connectivity index (χ2n) is 5.85. The van der Waals surface area contributed by atoms with Crippen LogP contribution < -0.4 is 10.1 Å². The van der Waals surface area contributed by atoms with Gasteiger partial charge in [-0.2, -0.15) is 0 Å². The lowest BCUT2D eigenvalue weighted by molar-refractivity contribution is -0.145. The van der Waals surface area contributed by atoms with Gasteiger partial charge in [-0.3, -0.25) is 4.79 Å². The SMILES string of the molecule is CCOC(=O)COc1cccc(NC(=O)c2cc3ccc(C)cc3[nH]2)c1. The van der Waals surface area contributed by atoms with Crippen LogP contribution >= 0.6 is 0 Å². The fraction of sp³-hybridized carbons (Fsp3) is 0.200. The largest absolute Gasteiger partial charge is 0.482 e. The maximum atomic E-state index is 12.5. The average molecular weight is 352 g/mol. The van der Waals surface area contributed by atoms with E-state index in [0.717, 1.165) is 16.5 Å². The number of hydrogen-bond donors (Lipinski definition) is 2. The normalized spacial score (nSPS) is 10.5. The van der Waals surface area contributed by atoms with Crippen molar-refractivity contribution in [1.29, 1.82) is 0 Å². The van der Waals surface area contributed by atoms with Gasteiger partial charge < -0.3 is 19.8 Å². The Morgan fingerprint density at radius 1 is 1.12 bits per heavy atom. The van der Waals surface area contributed by atoms with Crippen LogP contribution in [0.1, 0.15) is 23.0 Å². The van der Waals surface area contributed by atoms with E-state index < -0.39 is 5.97 Å². The summed E-state index contributed by atoms with van der Waals surface area (Å²) >= 11 is 0. The predicted octanol–water partition coefficient (Wildman–Crippen LogP) is 3.67. The van der Waals surface area contributed by atoms with E-state index in [1.165, 1.54) is 0 Å². The highest BCUT2D eigenvalue weighted by molar-refractivity contribution is 6.06. The molecule has 0 saturated heterocycles. The topological polar surface area (TPSA) is 80.4 Å². The number of carbonyl (C=O) groups excluding carboxylic acids is 2. The number of amides is 1. The molecule has 0 aliphatic carbocycles. The maximum Gasteiger partial charge on any atom is 0.344 e. The summed E-state index contributed by atoms with van der Waals surface area (Å²) in [6, 6.07) is 14.6. The van der Waals surface area contributed by atoms with Crippen LogP contribution in [0.25, 0.3) is 10.9 Å². The van der Waals surface area contributed by atoms with Crippen molar-refractivity contribution >= 4 is 28.5 Å². The quantitative estimate of drug-likeness (QED) is 0.663. The highest BCUT2D eigenvalue weighted by atomic mass is 16.6. The molecule has 0 spiro atoms. The van der Waals surface area contributed by atoms with Crippen molar-refractivity contribution in [1.82, 2.24) is 4.98 Å². The summed E-state index contributed by atoms with van der Waals surface area (Å²) in [5.41, 5.74) is 3.09. The van der Waals surface area contributed by atoms with Crippen LogP contribution in [0.15, 0.2) is 48.5 Å². The lowest BCUT2D eigenvalue weighted by Crippen LogP contribution is -2.15. The molecule has 6 nitrogen and oxygen atoms in total. The average Bonchev–Trinajstić information content (AvgIpc) is 3.04. The van der Waals surface area contributed by atoms with Crippen LogP contribution in [0.2, 0.25) is 0 Å². The number of aromatic nitrogens is 1. The molecule has 2 aromatic carbocycles. The fourth-order valence-corrected chi connectivity index (χ4v) is 2.57. The molecule has 0 radical (unpaired) electrons. The number of anilines is 1. The van der Waals surface area contributed by atoms with E-state index in [-0.39, 0.29) is 12.5 Å². The van der Waals surface area contributed by atoms with Crippen LogP contribution in [-0.4, -0.2) is 30.1 Å². The number of ether oxygens (including phenoxy) is 2. The molecule has 26 heavy (non-hydrogen) atoms. The van der Waals surface area contributed by atoms with Crippen molar-refractivity contribution in [2.24, 2.45) is 0 Å². The van der Waals surface area contributed by atoms with Crippen molar-refractivity contribution < 1.29 is 19.1 Å². The highest BCUT2D eigenvalue weighted by Crippen LogP contribution is 2.20. The lowest BCUT2D eigenvalue weighted by atomic mass is 10.2. The number of benzene rings is 2. The van der Waals surface area contributed by atoms with Crippen LogP contribution in [0.3, 0.4) is 0 Å². The minimum Gasteiger partial charge on any atom is -0.482 e. The van der Waals surface area contributed by atoms with Gasteiger partial charge in [0.15, 0.2) is 6.61 Å². The molecule has 134 valence electrons. The van der Waals surface area contributed by atoms with Gasteiger partial charge in [-0.05, 0) is 43.7 Å². The van der Waals surface area contributed by atoms with Gasteiger partial charge in [0, 0.05) is 22.7 Å². The van der Waals surface area contributed by atoms with Gasteiger partial charge >= 0.3 is 5.97 Å². The summed E-state index contributed by atoms with van der Waals surface area (Å²) in [5.74, 6) is -0.208. The summed E-state index contributed by atoms with van der Waals surface area (Å²) < 4.78 is 10.2. The van der Waals surface area contributed by atoms with Crippen molar-refractivity contribution in [3.63, 3.8) is 0 Å². The van der Waals surface area contributed by atoms with Gasteiger partial charge in [-0.1, -0.05) is 18.2 Å². The van der Waals surface area contributed by atoms with E-state index in [4.69, 9.17) is 9.47 Å². The molecule has 3 aromatic rings. The zero-order valence-electron chi connectivity index (χ0n) is 14.7. The monoisotopic (exact) mass is 352 g/mol. The maximum absolute atomic E-state index is 12.5. The molecule has 0 fully saturated rings. The molecule has 0 aliphatic rings. The molecule has 1 heterocycles. The minimum atomic E-state index is -0.435. The van der Waals surface area contributed by atoms with Crippen molar-refractivity contribution in [3.05, 3.63) is 59.8 Å². The minimum absolute atomic E-state index is 0.174. The Bertz CT molecular complexity index is 946. The number of esters is 1. The van der Waals surface area contributed by atoms with E-state index in [9.17, 15) is 9.59 Å². The summed E-state index contributed by atoms with van der Waals surface area (Å²) in [6.07, 6.45) is 0. The second-order valence-corrected chi connectivity index (χ2v) is 5.85. The number of rotatable bonds is 6. The smallest absolute Gasteiger partial charge is 0.344 e. The highest BCUT2D eigenvalue weighted by Gasteiger charge is 2.11. The number of H-pyrrole nitrogens is 1. The molecule has 0 aliphatic heterocycles. The molecule has 1 aromatic heterocycles. The molecule has 6 heteroatoms. The Morgan fingerprint density at radius 2 is 1.96 bits per heavy atom. The molecular weight excluding hydrogens is 332 g/mol. The third-order valence-corrected chi connectivity index (χ3v) is 3.78. The Balaban J connectivity index is 1.68. The summed E-state index contributed by atoms with van der Waals surface area (Å²) in [4.78, 5) is 26.9. The van der Waals surface area contributed by atoms with Gasteiger partial charge in [0.05, 0.1) is 6.61 Å². The number of hydrogen-bond acceptors (Lipinski definition) is 4. The van der Waals surface area contributed by atoms with E-state index in [2.05, 4.69) is 10.3 Å². The molecule has 3 rings (SSSR count). The molecule has 0 atom stereocenters. The van der Waals surface area contributed by atoms with Gasteiger partial charge in [0.25, 0.3) is 5.91 Å². The van der Waals surface area contributed by atoms with Gasteiger partial charge in [-0.25, -0.2) is 4.79 Å². The number of nitrogens with one attached hydrogen (secondary N) is 2. The Kier molecular flexibility index (Phi) is 5.22. The second kappa shape index (κ2) is 7.74. The third kappa shape index (κ3) is 4.22. The molecule has 2 N–H and O–H groups in total. The van der Waals surface area contributed by atoms with Crippen LogP contribution in [-0.2, 0) is 9.53 Å². The first-order chi connectivity index (χ1) is 12.5. The zero-order chi connectivity index (χ0) is 18.5. The Labute approximate surface area is 151 Å². The van der Waals surface area contributed by atoms with Crippen LogP contribution in [0, 0.1) is 6.92 Å². The Hall–Kier alpha value is -3.28. The summed E-state index contributed by atoms with van der Waals surface area (Å²) in [5, 5.41) is 3.80. The number of fused-ring (bicyclic) bond motifs is 1. The first-order valence-electron chi connectivity index (χ1n) is 8.34. The fourth-order valence-electron chi connectivity index (χ4n) is 2.57. The van der Waals surface area contributed by atoms with Gasteiger partial charge in [0.2, 0.25) is 0 Å². The number of aromatic amines is 1. The lowest BCUT2D eigenvalue weighted by Gasteiger charge is -2.08. The third-order valence-electron chi connectivity index (χ3n) is 3.78. The zero-order valence-corrected chi connectivity index (χ0v) is 14.7. The number of aryl methyl sites for hydroxylation is 1. The predicted molar refractivity (Wildman–Crippen MR) is 99.6 cm³/mol. The standard InChI is InChI=1S/C20H20N2O4/c1-3-25-19(23)12-26-16-6-4-5-15(11-16)21-20(24)18-10-14-8-7-13(2)9-17(14)22-18/h4-11,22H,3,12H2,1-2H3,(H,21,24). The molecule has 0 unspecified atom stereocenters. The van der Waals surface area contributed by atoms with E-state index in [1.807, 2.05) is 31.2 Å². The first-order valence-corrected chi connectivity index (χ1v) is 8.34. The van der Waals surface area contributed by atoms with Crippen LogP contribution in [0.4, 0.5) is 5.69 Å². The molecule has 0 saturated carbocycles. The van der Waals surface area contributed by atoms with Crippen molar-refractivity contribution in [2.75, 3.05) is 18.5 Å². The van der Waals surface area contributed by atoms with E-state index in [1.54, 1.807) is 31.2 Å². The van der Waals surface area contributed by atoms with Gasteiger partial charge in [0.1, 0.15) is 11.4 Å². The number of carbonyl (C=O) groups is 2. The molecular formula is C20H20N2O4. The van der Waals surface area contributed by atoms with E-state index >= 15 is 0 Å². The van der Waals surface area contributed by atoms with E-state index in [0.29, 0.717) is 23.7 Å². The van der Waals surface area contributed by atoms with Gasteiger partial charge in [-0.15, -0.1) is 0 Å². The molecule has 0 bridgehead atoms. The summed E-state index contributed by atoms with van der Waals surface area (Å²) in [6.45, 7) is 3.87. The summed E-state index contributed by atoms with van der Waals surface area (Å²) in [7, 11) is 0. The van der Waals surface area contributed by atoms with Crippen molar-refractivity contribution in [2.45, 2.75) is 13.8 Å². The van der Waals surface area contributed by atoms with Crippen molar-refractivity contribution in [3.8, 4) is 5.75 Å². The first kappa shape index (κ1) is 17.5. The van der Waals surface area contributed by atoms with Crippen LogP contribution in [0.5, 0.6) is 5.75 Å². The molecule has 1 amide bonds.